The Labute approximate surface area is 152 Å². The number of rotatable bonds is 3. The first-order chi connectivity index (χ1) is 11.7. The second-order valence-corrected chi connectivity index (χ2v) is 7.21. The summed E-state index contributed by atoms with van der Waals surface area (Å²) < 4.78 is 40.0. The molecule has 0 N–H and O–H groups in total. The quantitative estimate of drug-likeness (QED) is 0.593. The molecule has 1 heterocycles. The van der Waals surface area contributed by atoms with Crippen LogP contribution in [0.25, 0.3) is 0 Å². The van der Waals surface area contributed by atoms with Crippen LogP contribution in [0, 0.1) is 13.8 Å². The Morgan fingerprint density at radius 1 is 1.12 bits per heavy atom. The van der Waals surface area contributed by atoms with Crippen LogP contribution < -0.4 is 0 Å². The smallest absolute Gasteiger partial charge is 0.387 e. The van der Waals surface area contributed by atoms with Gasteiger partial charge in [0.15, 0.2) is 6.10 Å². The lowest BCUT2D eigenvalue weighted by Gasteiger charge is -2.14. The van der Waals surface area contributed by atoms with E-state index < -0.39 is 17.8 Å². The fourth-order valence-electron chi connectivity index (χ4n) is 2.93. The molecular weight excluding hydrogens is 395 g/mol. The van der Waals surface area contributed by atoms with Gasteiger partial charge in [-0.25, -0.2) is 0 Å². The summed E-state index contributed by atoms with van der Waals surface area (Å²) in [6.07, 6.45) is -3.74. The third kappa shape index (κ3) is 4.24. The van der Waals surface area contributed by atoms with Gasteiger partial charge in [0.05, 0.1) is 11.3 Å². The molecule has 132 valence electrons. The molecule has 0 radical (unpaired) electrons. The maximum Gasteiger partial charge on any atom is 0.416 e. The Hall–Kier alpha value is -1.82. The largest absolute Gasteiger partial charge is 0.416 e. The number of aryl methyl sites for hydroxylation is 2. The van der Waals surface area contributed by atoms with Gasteiger partial charge in [-0.05, 0) is 43.2 Å². The summed E-state index contributed by atoms with van der Waals surface area (Å²) in [6.45, 7) is 3.66. The minimum absolute atomic E-state index is 0.473. The van der Waals surface area contributed by atoms with Gasteiger partial charge in [0.1, 0.15) is 0 Å². The van der Waals surface area contributed by atoms with Crippen LogP contribution in [0.2, 0.25) is 0 Å². The zero-order chi connectivity index (χ0) is 18.2. The Balaban J connectivity index is 1.76. The molecule has 2 aromatic carbocycles. The van der Waals surface area contributed by atoms with Crippen molar-refractivity contribution in [2.45, 2.75) is 39.0 Å². The lowest BCUT2D eigenvalue weighted by molar-refractivity contribution is -0.137. The summed E-state index contributed by atoms with van der Waals surface area (Å²) in [5.74, 6) is 0. The second kappa shape index (κ2) is 6.83. The molecule has 0 spiro atoms. The molecule has 0 fully saturated rings. The second-order valence-electron chi connectivity index (χ2n) is 6.36. The van der Waals surface area contributed by atoms with Crippen molar-refractivity contribution in [3.05, 3.63) is 68.7 Å². The van der Waals surface area contributed by atoms with Gasteiger partial charge in [0.2, 0.25) is 0 Å². The molecule has 0 aromatic heterocycles. The van der Waals surface area contributed by atoms with Gasteiger partial charge in [-0.1, -0.05) is 50.4 Å². The summed E-state index contributed by atoms with van der Waals surface area (Å²) >= 11 is 3.52. The molecule has 0 saturated heterocycles. The number of hydrogen-bond donors (Lipinski definition) is 0. The lowest BCUT2D eigenvalue weighted by atomic mass is 9.97. The summed E-state index contributed by atoms with van der Waals surface area (Å²) in [6, 6.07) is 10.1. The molecule has 0 bridgehead atoms. The summed E-state index contributed by atoms with van der Waals surface area (Å²) in [5, 5.41) is 4.10. The van der Waals surface area contributed by atoms with E-state index in [1.54, 1.807) is 13.0 Å². The van der Waals surface area contributed by atoms with E-state index in [1.165, 1.54) is 0 Å². The molecule has 0 amide bonds. The highest BCUT2D eigenvalue weighted by Gasteiger charge is 2.32. The standard InChI is InChI=1S/C19H17BrF3NO/c1-11-3-4-17(20)13(5-11)9-16-10-18(25-24-16)14-6-12(2)7-15(8-14)19(21,22)23/h3-8,18H,9-10H2,1-2H3/t18-/m1/s1. The predicted molar refractivity (Wildman–Crippen MR) is 94.6 cm³/mol. The zero-order valence-electron chi connectivity index (χ0n) is 13.8. The van der Waals surface area contributed by atoms with Crippen molar-refractivity contribution in [1.29, 1.82) is 0 Å². The molecule has 1 aliphatic heterocycles. The molecule has 25 heavy (non-hydrogen) atoms. The Morgan fingerprint density at radius 2 is 1.88 bits per heavy atom. The van der Waals surface area contributed by atoms with Crippen molar-refractivity contribution < 1.29 is 18.0 Å². The Kier molecular flexibility index (Phi) is 4.91. The monoisotopic (exact) mass is 411 g/mol. The minimum atomic E-state index is -4.37. The number of nitrogens with zero attached hydrogens (tertiary/aromatic N) is 1. The van der Waals surface area contributed by atoms with Gasteiger partial charge >= 0.3 is 6.18 Å². The van der Waals surface area contributed by atoms with Crippen LogP contribution in [0.3, 0.4) is 0 Å². The first-order valence-electron chi connectivity index (χ1n) is 7.88. The highest BCUT2D eigenvalue weighted by Crippen LogP contribution is 2.35. The molecule has 3 rings (SSSR count). The third-order valence-corrected chi connectivity index (χ3v) is 4.90. The van der Waals surface area contributed by atoms with Crippen LogP contribution in [-0.2, 0) is 17.4 Å². The van der Waals surface area contributed by atoms with Crippen LogP contribution >= 0.6 is 15.9 Å². The van der Waals surface area contributed by atoms with Crippen LogP contribution in [0.5, 0.6) is 0 Å². The highest BCUT2D eigenvalue weighted by molar-refractivity contribution is 9.10. The van der Waals surface area contributed by atoms with Gasteiger partial charge < -0.3 is 4.84 Å². The number of benzene rings is 2. The normalized spacial score (nSPS) is 17.4. The average Bonchev–Trinajstić information content (AvgIpc) is 2.98. The van der Waals surface area contributed by atoms with Crippen molar-refractivity contribution in [3.8, 4) is 0 Å². The molecule has 1 atom stereocenters. The van der Waals surface area contributed by atoms with Gasteiger partial charge in [0.25, 0.3) is 0 Å². The summed E-state index contributed by atoms with van der Waals surface area (Å²) in [5.41, 5.74) is 3.47. The summed E-state index contributed by atoms with van der Waals surface area (Å²) in [7, 11) is 0. The summed E-state index contributed by atoms with van der Waals surface area (Å²) in [4.78, 5) is 5.42. The number of oxime groups is 1. The maximum absolute atomic E-state index is 13.0. The van der Waals surface area contributed by atoms with Crippen LogP contribution in [0.1, 0.15) is 40.3 Å². The van der Waals surface area contributed by atoms with E-state index in [4.69, 9.17) is 4.84 Å². The van der Waals surface area contributed by atoms with E-state index >= 15 is 0 Å². The van der Waals surface area contributed by atoms with E-state index in [1.807, 2.05) is 19.1 Å². The van der Waals surface area contributed by atoms with Crippen molar-refractivity contribution in [2.24, 2.45) is 5.16 Å². The molecule has 2 aromatic rings. The lowest BCUT2D eigenvalue weighted by Crippen LogP contribution is -2.09. The molecule has 0 aliphatic carbocycles. The van der Waals surface area contributed by atoms with Crippen LogP contribution in [0.15, 0.2) is 46.0 Å². The van der Waals surface area contributed by atoms with Crippen LogP contribution in [-0.4, -0.2) is 5.71 Å². The molecule has 0 saturated carbocycles. The minimum Gasteiger partial charge on any atom is -0.387 e. The molecule has 0 unspecified atom stereocenters. The first-order valence-corrected chi connectivity index (χ1v) is 8.67. The van der Waals surface area contributed by atoms with Crippen molar-refractivity contribution >= 4 is 21.6 Å². The Bertz CT molecular complexity index is 830. The van der Waals surface area contributed by atoms with E-state index in [-0.39, 0.29) is 0 Å². The van der Waals surface area contributed by atoms with E-state index in [0.717, 1.165) is 33.4 Å². The molecule has 2 nitrogen and oxygen atoms in total. The topological polar surface area (TPSA) is 21.6 Å². The maximum atomic E-state index is 13.0. The highest BCUT2D eigenvalue weighted by atomic mass is 79.9. The van der Waals surface area contributed by atoms with E-state index in [9.17, 15) is 13.2 Å². The van der Waals surface area contributed by atoms with E-state index in [2.05, 4.69) is 27.2 Å². The predicted octanol–water partition coefficient (Wildman–Crippen LogP) is 6.14. The third-order valence-electron chi connectivity index (χ3n) is 4.12. The average molecular weight is 412 g/mol. The fourth-order valence-corrected chi connectivity index (χ4v) is 3.32. The SMILES string of the molecule is Cc1cc([C@H]2CC(Cc3cc(C)ccc3Br)=NO2)cc(C(F)(F)F)c1. The fraction of sp³-hybridized carbons (Fsp3) is 0.316. The van der Waals surface area contributed by atoms with Crippen molar-refractivity contribution in [3.63, 3.8) is 0 Å². The number of halogens is 4. The van der Waals surface area contributed by atoms with Gasteiger partial charge in [-0.3, -0.25) is 0 Å². The van der Waals surface area contributed by atoms with Gasteiger partial charge in [-0.2, -0.15) is 13.2 Å². The number of alkyl halides is 3. The molecule has 6 heteroatoms. The first kappa shape index (κ1) is 18.0. The molecular formula is C19H17BrF3NO. The van der Waals surface area contributed by atoms with Crippen molar-refractivity contribution in [1.82, 2.24) is 0 Å². The van der Waals surface area contributed by atoms with Crippen molar-refractivity contribution in [2.75, 3.05) is 0 Å². The Morgan fingerprint density at radius 3 is 2.60 bits per heavy atom. The van der Waals surface area contributed by atoms with Gasteiger partial charge in [0, 0.05) is 17.3 Å². The van der Waals surface area contributed by atoms with Crippen LogP contribution in [0.4, 0.5) is 13.2 Å². The number of hydrogen-bond acceptors (Lipinski definition) is 2. The molecule has 1 aliphatic rings. The van der Waals surface area contributed by atoms with E-state index in [0.29, 0.717) is 24.0 Å². The zero-order valence-corrected chi connectivity index (χ0v) is 15.4. The van der Waals surface area contributed by atoms with Gasteiger partial charge in [-0.15, -0.1) is 0 Å².